The van der Waals surface area contributed by atoms with E-state index in [0.29, 0.717) is 29.2 Å². The molecule has 0 saturated carbocycles. The first-order valence-corrected chi connectivity index (χ1v) is 12.4. The fourth-order valence-corrected chi connectivity index (χ4v) is 3.61. The van der Waals surface area contributed by atoms with Gasteiger partial charge in [-0.05, 0) is 18.6 Å². The third-order valence-corrected chi connectivity index (χ3v) is 5.54. The molecule has 2 N–H and O–H groups in total. The predicted octanol–water partition coefficient (Wildman–Crippen LogP) is 4.98. The van der Waals surface area contributed by atoms with Crippen LogP contribution in [0.1, 0.15) is 89.5 Å². The molecule has 0 bridgehead atoms. The van der Waals surface area contributed by atoms with Gasteiger partial charge < -0.3 is 19.5 Å². The third kappa shape index (κ3) is 12.5. The van der Waals surface area contributed by atoms with Crippen LogP contribution < -0.4 is 25.0 Å². The van der Waals surface area contributed by atoms with Crippen molar-refractivity contribution in [3.8, 4) is 17.2 Å². The number of nitrogens with one attached hydrogen (secondary N) is 2. The van der Waals surface area contributed by atoms with Crippen molar-refractivity contribution >= 4 is 18.0 Å². The van der Waals surface area contributed by atoms with Gasteiger partial charge in [0.1, 0.15) is 0 Å². The van der Waals surface area contributed by atoms with Crippen LogP contribution in [0.3, 0.4) is 0 Å². The van der Waals surface area contributed by atoms with E-state index in [1.54, 1.807) is 12.1 Å². The highest BCUT2D eigenvalue weighted by atomic mass is 16.5. The molecule has 34 heavy (non-hydrogen) atoms. The van der Waals surface area contributed by atoms with E-state index >= 15 is 0 Å². The maximum absolute atomic E-state index is 11.9. The van der Waals surface area contributed by atoms with Crippen molar-refractivity contribution in [3.63, 3.8) is 0 Å². The molecule has 0 aliphatic rings. The minimum Gasteiger partial charge on any atom is -0.493 e. The Morgan fingerprint density at radius 1 is 0.794 bits per heavy atom. The summed E-state index contributed by atoms with van der Waals surface area (Å²) < 4.78 is 15.9. The van der Waals surface area contributed by atoms with Gasteiger partial charge in [-0.3, -0.25) is 9.59 Å². The highest BCUT2D eigenvalue weighted by Gasteiger charge is 2.12. The van der Waals surface area contributed by atoms with Crippen molar-refractivity contribution in [2.24, 2.45) is 5.10 Å². The van der Waals surface area contributed by atoms with E-state index in [2.05, 4.69) is 22.8 Å². The van der Waals surface area contributed by atoms with Crippen molar-refractivity contribution < 1.29 is 23.8 Å². The largest absolute Gasteiger partial charge is 0.493 e. The molecule has 192 valence electrons. The smallest absolute Gasteiger partial charge is 0.259 e. The number of nitrogens with zero attached hydrogens (tertiary/aromatic N) is 1. The molecule has 0 unspecified atom stereocenters. The Morgan fingerprint density at radius 2 is 1.32 bits per heavy atom. The molecular weight excluding hydrogens is 434 g/mol. The summed E-state index contributed by atoms with van der Waals surface area (Å²) >= 11 is 0. The van der Waals surface area contributed by atoms with Gasteiger partial charge in [-0.25, -0.2) is 5.43 Å². The highest BCUT2D eigenvalue weighted by Crippen LogP contribution is 2.37. The zero-order valence-electron chi connectivity index (χ0n) is 21.4. The van der Waals surface area contributed by atoms with Crippen LogP contribution in [0.2, 0.25) is 0 Å². The molecule has 0 fully saturated rings. The summed E-state index contributed by atoms with van der Waals surface area (Å²) in [6, 6.07) is 3.43. The van der Waals surface area contributed by atoms with E-state index < -0.39 is 5.91 Å². The maximum atomic E-state index is 11.9. The van der Waals surface area contributed by atoms with Gasteiger partial charge in [0.05, 0.1) is 34.1 Å². The number of unbranched alkanes of at least 4 members (excludes halogenated alkanes) is 10. The fraction of sp³-hybridized carbons (Fsp3) is 0.654. The minimum absolute atomic E-state index is 0.108. The summed E-state index contributed by atoms with van der Waals surface area (Å²) in [6.07, 6.45) is 15.5. The Kier molecular flexibility index (Phi) is 16.0. The molecular formula is C26H43N3O5. The first-order valence-electron chi connectivity index (χ1n) is 12.4. The number of carbonyl (C=O) groups excluding carboxylic acids is 2. The molecule has 8 nitrogen and oxygen atoms in total. The van der Waals surface area contributed by atoms with Gasteiger partial charge in [-0.2, -0.15) is 5.10 Å². The quantitative estimate of drug-likeness (QED) is 0.166. The molecule has 1 rings (SSSR count). The fourth-order valence-electron chi connectivity index (χ4n) is 3.61. The van der Waals surface area contributed by atoms with E-state index in [4.69, 9.17) is 14.2 Å². The topological polar surface area (TPSA) is 98.3 Å². The summed E-state index contributed by atoms with van der Waals surface area (Å²) in [4.78, 5) is 23.9. The third-order valence-electron chi connectivity index (χ3n) is 5.54. The Bertz CT molecular complexity index is 727. The first-order chi connectivity index (χ1) is 16.5. The highest BCUT2D eigenvalue weighted by molar-refractivity contribution is 5.87. The van der Waals surface area contributed by atoms with Crippen molar-refractivity contribution in [1.29, 1.82) is 0 Å². The van der Waals surface area contributed by atoms with Gasteiger partial charge in [0, 0.05) is 12.0 Å². The van der Waals surface area contributed by atoms with Crippen LogP contribution in [0.5, 0.6) is 17.2 Å². The number of rotatable bonds is 19. The first kappa shape index (κ1) is 29.3. The summed E-state index contributed by atoms with van der Waals surface area (Å²) in [6.45, 7) is 2.13. The molecule has 0 heterocycles. The van der Waals surface area contributed by atoms with Crippen LogP contribution in [0.4, 0.5) is 0 Å². The van der Waals surface area contributed by atoms with Gasteiger partial charge in [0.15, 0.2) is 11.5 Å². The summed E-state index contributed by atoms with van der Waals surface area (Å²) in [7, 11) is 4.58. The van der Waals surface area contributed by atoms with Crippen LogP contribution in [0.15, 0.2) is 17.2 Å². The lowest BCUT2D eigenvalue weighted by Crippen LogP contribution is -2.34. The second-order valence-electron chi connectivity index (χ2n) is 8.31. The lowest BCUT2D eigenvalue weighted by Gasteiger charge is -2.12. The lowest BCUT2D eigenvalue weighted by atomic mass is 10.1. The number of hydrogen-bond acceptors (Lipinski definition) is 6. The SMILES string of the molecule is CCCCCCCCCCCCCC(=O)NCC(=O)N/N=C\c1cc(OC)c(OC)c(OC)c1. The average Bonchev–Trinajstić information content (AvgIpc) is 2.85. The standard InChI is InChI=1S/C26H43N3O5/c1-5-6-7-8-9-10-11-12-13-14-15-16-24(30)27-20-25(31)29-28-19-21-17-22(32-2)26(34-4)23(18-21)33-3/h17-19H,5-16,20H2,1-4H3,(H,27,30)(H,29,31)/b28-19-. The van der Waals surface area contributed by atoms with E-state index in [9.17, 15) is 9.59 Å². The van der Waals surface area contributed by atoms with Crippen LogP contribution in [-0.2, 0) is 9.59 Å². The molecule has 0 aliphatic heterocycles. The van der Waals surface area contributed by atoms with E-state index in [0.717, 1.165) is 12.8 Å². The van der Waals surface area contributed by atoms with Crippen LogP contribution in [0, 0.1) is 0 Å². The average molecular weight is 478 g/mol. The molecule has 0 spiro atoms. The summed E-state index contributed by atoms with van der Waals surface area (Å²) in [5.41, 5.74) is 3.07. The number of ether oxygens (including phenoxy) is 3. The van der Waals surface area contributed by atoms with Crippen molar-refractivity contribution in [2.75, 3.05) is 27.9 Å². The van der Waals surface area contributed by atoms with Gasteiger partial charge in [0.25, 0.3) is 5.91 Å². The molecule has 1 aromatic carbocycles. The lowest BCUT2D eigenvalue weighted by molar-refractivity contribution is -0.126. The van der Waals surface area contributed by atoms with Gasteiger partial charge in [-0.1, -0.05) is 71.1 Å². The Hall–Kier alpha value is -2.77. The number of amides is 2. The zero-order chi connectivity index (χ0) is 25.0. The maximum Gasteiger partial charge on any atom is 0.259 e. The van der Waals surface area contributed by atoms with Crippen LogP contribution >= 0.6 is 0 Å². The van der Waals surface area contributed by atoms with Crippen molar-refractivity contribution in [2.45, 2.75) is 84.0 Å². The Balaban J connectivity index is 2.18. The van der Waals surface area contributed by atoms with E-state index in [-0.39, 0.29) is 12.5 Å². The Morgan fingerprint density at radius 3 is 1.82 bits per heavy atom. The minimum atomic E-state index is -0.393. The molecule has 1 aromatic rings. The second-order valence-corrected chi connectivity index (χ2v) is 8.31. The molecule has 2 amide bonds. The van der Waals surface area contributed by atoms with Gasteiger partial charge in [0.2, 0.25) is 11.7 Å². The summed E-state index contributed by atoms with van der Waals surface area (Å²) in [5.74, 6) is 0.955. The monoisotopic (exact) mass is 477 g/mol. The van der Waals surface area contributed by atoms with Gasteiger partial charge >= 0.3 is 0 Å². The molecule has 0 atom stereocenters. The van der Waals surface area contributed by atoms with Crippen molar-refractivity contribution in [1.82, 2.24) is 10.7 Å². The number of hydrogen-bond donors (Lipinski definition) is 2. The molecule has 0 saturated heterocycles. The number of methoxy groups -OCH3 is 3. The number of benzene rings is 1. The predicted molar refractivity (Wildman–Crippen MR) is 136 cm³/mol. The normalized spacial score (nSPS) is 10.8. The second kappa shape index (κ2) is 18.6. The molecule has 0 aliphatic carbocycles. The van der Waals surface area contributed by atoms with E-state index in [1.807, 2.05) is 0 Å². The van der Waals surface area contributed by atoms with E-state index in [1.165, 1.54) is 85.3 Å². The van der Waals surface area contributed by atoms with Gasteiger partial charge in [-0.15, -0.1) is 0 Å². The molecule has 8 heteroatoms. The van der Waals surface area contributed by atoms with Crippen LogP contribution in [-0.4, -0.2) is 45.9 Å². The van der Waals surface area contributed by atoms with Crippen molar-refractivity contribution in [3.05, 3.63) is 17.7 Å². The van der Waals surface area contributed by atoms with Crippen LogP contribution in [0.25, 0.3) is 0 Å². The number of hydrazone groups is 1. The zero-order valence-corrected chi connectivity index (χ0v) is 21.4. The molecule has 0 radical (unpaired) electrons. The Labute approximate surface area is 204 Å². The number of carbonyl (C=O) groups is 2. The molecule has 0 aromatic heterocycles. The summed E-state index contributed by atoms with van der Waals surface area (Å²) in [5, 5.41) is 6.57.